The van der Waals surface area contributed by atoms with Gasteiger partial charge in [-0.25, -0.2) is 10.1 Å². The molecule has 0 N–H and O–H groups in total. The third-order valence-electron chi connectivity index (χ3n) is 3.36. The maximum Gasteiger partial charge on any atom is 1.00 e. The molecule has 0 bridgehead atoms. The van der Waals surface area contributed by atoms with E-state index in [2.05, 4.69) is 69.1 Å². The minimum Gasteiger partial charge on any atom is -0.470 e. The summed E-state index contributed by atoms with van der Waals surface area (Å²) in [6.07, 6.45) is 10.0. The van der Waals surface area contributed by atoms with Gasteiger partial charge in [-0.1, -0.05) is 52.9 Å². The van der Waals surface area contributed by atoms with Crippen molar-refractivity contribution in [3.63, 3.8) is 0 Å². The van der Waals surface area contributed by atoms with E-state index in [9.17, 15) is 0 Å². The van der Waals surface area contributed by atoms with Gasteiger partial charge in [0, 0.05) is 5.41 Å². The van der Waals surface area contributed by atoms with Crippen LogP contribution in [0.4, 0.5) is 0 Å². The summed E-state index contributed by atoms with van der Waals surface area (Å²) in [5.41, 5.74) is 0.0897. The van der Waals surface area contributed by atoms with Gasteiger partial charge in [-0.3, -0.25) is 0 Å². The van der Waals surface area contributed by atoms with Crippen LogP contribution in [-0.4, -0.2) is 16.4 Å². The van der Waals surface area contributed by atoms with Crippen LogP contribution in [0.25, 0.3) is 0 Å². The molecule has 0 saturated carbocycles. The number of allylic oxidation sites excluding steroid dienone is 1. The molecule has 5 nitrogen and oxygen atoms in total. The molecule has 7 heteroatoms. The number of hydrogen-bond donors (Lipinski definition) is 0. The number of aromatic nitrogens is 2. The first-order valence-corrected chi connectivity index (χ1v) is 9.18. The zero-order valence-electron chi connectivity index (χ0n) is 16.7. The first kappa shape index (κ1) is 23.9. The number of rotatable bonds is 3. The fourth-order valence-corrected chi connectivity index (χ4v) is 2.53. The Kier molecular flexibility index (Phi) is 9.53. The van der Waals surface area contributed by atoms with Crippen LogP contribution in [0.15, 0.2) is 37.3 Å². The molecule has 1 aliphatic heterocycles. The second kappa shape index (κ2) is 10.4. The van der Waals surface area contributed by atoms with Crippen molar-refractivity contribution in [1.29, 1.82) is 0 Å². The second-order valence-electron chi connectivity index (χ2n) is 7.79. The molecule has 0 atom stereocenters. The van der Waals surface area contributed by atoms with Crippen molar-refractivity contribution in [3.05, 3.63) is 47.0 Å². The zero-order valence-corrected chi connectivity index (χ0v) is 20.7. The normalized spacial score (nSPS) is 13.7. The van der Waals surface area contributed by atoms with Crippen molar-refractivity contribution in [3.8, 4) is 0 Å². The van der Waals surface area contributed by atoms with Crippen LogP contribution in [-0.2, 0) is 16.6 Å². The molecule has 3 rings (SSSR count). The molecule has 0 amide bonds. The van der Waals surface area contributed by atoms with Gasteiger partial charge in [0.1, 0.15) is 5.76 Å². The summed E-state index contributed by atoms with van der Waals surface area (Å²) in [6.45, 7) is 12.6. The van der Waals surface area contributed by atoms with Crippen LogP contribution >= 0.6 is 11.8 Å². The SMILES string of the molecule is CC(C)(C)c1c[c-]no1.CC(C)(C)c1cnc(CSC2=CN=[C-]C2)o1.[K+]. The smallest absolute Gasteiger partial charge is 0.470 e. The molecule has 0 radical (unpaired) electrons. The van der Waals surface area contributed by atoms with Crippen molar-refractivity contribution in [2.45, 2.75) is 64.5 Å². The minimum atomic E-state index is 0. The molecular weight excluding hydrogens is 373 g/mol. The molecular formula is C19H25KN3O2S-. The molecule has 26 heavy (non-hydrogen) atoms. The van der Waals surface area contributed by atoms with Crippen LogP contribution in [0.1, 0.15) is 65.4 Å². The van der Waals surface area contributed by atoms with Crippen LogP contribution in [0.3, 0.4) is 0 Å². The van der Waals surface area contributed by atoms with Crippen molar-refractivity contribution in [1.82, 2.24) is 10.1 Å². The van der Waals surface area contributed by atoms with Gasteiger partial charge in [0.25, 0.3) is 0 Å². The van der Waals surface area contributed by atoms with Gasteiger partial charge >= 0.3 is 51.4 Å². The van der Waals surface area contributed by atoms with Crippen molar-refractivity contribution in [2.24, 2.45) is 4.99 Å². The fraction of sp³-hybridized carbons (Fsp3) is 0.526. The van der Waals surface area contributed by atoms with Gasteiger partial charge < -0.3 is 13.9 Å². The summed E-state index contributed by atoms with van der Waals surface area (Å²) in [5, 5.41) is 3.49. The van der Waals surface area contributed by atoms with E-state index in [1.807, 2.05) is 12.4 Å². The van der Waals surface area contributed by atoms with Gasteiger partial charge in [0.15, 0.2) is 0 Å². The van der Waals surface area contributed by atoms with E-state index >= 15 is 0 Å². The number of aliphatic imine (C=N–C) groups is 1. The standard InChI is InChI=1S/C12H15N2OS.C7H10NO.K/c1-12(2,3)10-7-14-11(15-10)8-16-9-4-5-13-6-9;1-7(2,3)6-4-5-8-9-6;/h6-7H,4,8H2,1-3H3;4H,1-3H3;/q2*-1;+1. The number of thioether (sulfide) groups is 1. The van der Waals surface area contributed by atoms with Crippen molar-refractivity contribution < 1.29 is 60.3 Å². The second-order valence-corrected chi connectivity index (χ2v) is 8.89. The van der Waals surface area contributed by atoms with E-state index in [1.165, 1.54) is 4.91 Å². The van der Waals surface area contributed by atoms with Crippen molar-refractivity contribution in [2.75, 3.05) is 0 Å². The first-order chi connectivity index (χ1) is 11.7. The molecule has 0 aliphatic carbocycles. The van der Waals surface area contributed by atoms with Gasteiger partial charge in [-0.15, -0.1) is 24.2 Å². The predicted molar refractivity (Wildman–Crippen MR) is 101 cm³/mol. The summed E-state index contributed by atoms with van der Waals surface area (Å²) in [4.78, 5) is 9.43. The Hall–Kier alpha value is -0.184. The molecule has 1 aliphatic rings. The Balaban J connectivity index is 0.000000290. The third-order valence-corrected chi connectivity index (χ3v) is 4.37. The Morgan fingerprint density at radius 3 is 2.23 bits per heavy atom. The van der Waals surface area contributed by atoms with Gasteiger partial charge in [-0.05, 0) is 11.2 Å². The summed E-state index contributed by atoms with van der Waals surface area (Å²) >= 11 is 1.71. The summed E-state index contributed by atoms with van der Waals surface area (Å²) in [7, 11) is 0. The van der Waals surface area contributed by atoms with Crippen molar-refractivity contribution >= 4 is 18.0 Å². The molecule has 3 heterocycles. The predicted octanol–water partition coefficient (Wildman–Crippen LogP) is 2.17. The minimum absolute atomic E-state index is 0. The number of nitrogens with zero attached hydrogens (tertiary/aromatic N) is 3. The molecule has 0 unspecified atom stereocenters. The van der Waals surface area contributed by atoms with E-state index < -0.39 is 0 Å². The fourth-order valence-electron chi connectivity index (χ4n) is 1.79. The number of oxazole rings is 1. The zero-order chi connectivity index (χ0) is 18.5. The molecule has 2 aromatic rings. The Bertz CT molecular complexity index is 723. The Labute approximate surface area is 202 Å². The van der Waals surface area contributed by atoms with E-state index in [-0.39, 0.29) is 62.2 Å². The van der Waals surface area contributed by atoms with Gasteiger partial charge in [0.05, 0.1) is 11.9 Å². The van der Waals surface area contributed by atoms with E-state index in [0.717, 1.165) is 29.6 Å². The topological polar surface area (TPSA) is 64.4 Å². The molecule has 0 aromatic carbocycles. The van der Waals surface area contributed by atoms with Crippen LogP contribution in [0.2, 0.25) is 0 Å². The third kappa shape index (κ3) is 7.82. The Morgan fingerprint density at radius 1 is 1.12 bits per heavy atom. The average molecular weight is 399 g/mol. The van der Waals surface area contributed by atoms with E-state index in [0.29, 0.717) is 0 Å². The average Bonchev–Trinajstić information content (AvgIpc) is 3.25. The monoisotopic (exact) mass is 398 g/mol. The van der Waals surface area contributed by atoms with E-state index in [1.54, 1.807) is 17.8 Å². The molecule has 0 spiro atoms. The van der Waals surface area contributed by atoms with Gasteiger partial charge in [-0.2, -0.15) is 12.3 Å². The molecule has 2 aromatic heterocycles. The largest absolute Gasteiger partial charge is 1.00 e. The molecule has 0 fully saturated rings. The van der Waals surface area contributed by atoms with Crippen LogP contribution in [0, 0.1) is 6.20 Å². The summed E-state index contributed by atoms with van der Waals surface area (Å²) < 4.78 is 10.6. The molecule has 0 saturated heterocycles. The summed E-state index contributed by atoms with van der Waals surface area (Å²) in [6, 6.07) is 1.76. The Morgan fingerprint density at radius 2 is 1.81 bits per heavy atom. The van der Waals surface area contributed by atoms with E-state index in [4.69, 9.17) is 8.94 Å². The first-order valence-electron chi connectivity index (χ1n) is 8.19. The molecule has 136 valence electrons. The van der Waals surface area contributed by atoms with Crippen LogP contribution in [0.5, 0.6) is 0 Å². The maximum atomic E-state index is 5.70. The quantitative estimate of drug-likeness (QED) is 0.586. The summed E-state index contributed by atoms with van der Waals surface area (Å²) in [5.74, 6) is 3.36. The van der Waals surface area contributed by atoms with Gasteiger partial charge in [0.2, 0.25) is 5.89 Å². The van der Waals surface area contributed by atoms with Crippen LogP contribution < -0.4 is 51.4 Å². The number of hydrogen-bond acceptors (Lipinski definition) is 6. The maximum absolute atomic E-state index is 5.70.